The van der Waals surface area contributed by atoms with E-state index >= 15 is 0 Å². The summed E-state index contributed by atoms with van der Waals surface area (Å²) in [5.74, 6) is 0. The van der Waals surface area contributed by atoms with Crippen LogP contribution in [0, 0.1) is 0 Å². The second kappa shape index (κ2) is 6.31. The molecular formula is C14H20N4O3S. The minimum atomic E-state index is -3.62. The average Bonchev–Trinajstić information content (AvgIpc) is 2.97. The maximum absolute atomic E-state index is 12.6. The predicted octanol–water partition coefficient (Wildman–Crippen LogP) is 1.38. The lowest BCUT2D eigenvalue weighted by Gasteiger charge is -2.31. The highest BCUT2D eigenvalue weighted by molar-refractivity contribution is 7.89. The van der Waals surface area contributed by atoms with Gasteiger partial charge < -0.3 is 4.90 Å². The van der Waals surface area contributed by atoms with Gasteiger partial charge in [0.15, 0.2) is 5.52 Å². The smallest absolute Gasteiger partial charge is 0.243 e. The monoisotopic (exact) mass is 324 g/mol. The Morgan fingerprint density at radius 2 is 2.09 bits per heavy atom. The van der Waals surface area contributed by atoms with Crippen LogP contribution in [0.5, 0.6) is 0 Å². The number of likely N-dealkylation sites (tertiary alicyclic amines) is 1. The van der Waals surface area contributed by atoms with E-state index in [1.54, 1.807) is 12.1 Å². The molecule has 0 radical (unpaired) electrons. The molecule has 1 fully saturated rings. The molecule has 1 aromatic heterocycles. The van der Waals surface area contributed by atoms with Gasteiger partial charge in [-0.1, -0.05) is 13.0 Å². The minimum absolute atomic E-state index is 0.0341. The van der Waals surface area contributed by atoms with Gasteiger partial charge in [0.25, 0.3) is 0 Å². The van der Waals surface area contributed by atoms with Crippen molar-refractivity contribution in [2.75, 3.05) is 19.6 Å². The van der Waals surface area contributed by atoms with Crippen LogP contribution in [0.25, 0.3) is 11.0 Å². The van der Waals surface area contributed by atoms with Crippen LogP contribution < -0.4 is 4.72 Å². The van der Waals surface area contributed by atoms with Crippen LogP contribution in [0.1, 0.15) is 26.2 Å². The summed E-state index contributed by atoms with van der Waals surface area (Å²) in [6.07, 6.45) is 2.77. The lowest BCUT2D eigenvalue weighted by molar-refractivity contribution is 0.208. The molecule has 0 amide bonds. The fraction of sp³-hybridized carbons (Fsp3) is 0.571. The van der Waals surface area contributed by atoms with Crippen molar-refractivity contribution in [3.63, 3.8) is 0 Å². The zero-order chi connectivity index (χ0) is 15.6. The van der Waals surface area contributed by atoms with Crippen molar-refractivity contribution < 1.29 is 13.0 Å². The molecule has 0 unspecified atom stereocenters. The topological polar surface area (TPSA) is 88.3 Å². The Kier molecular flexibility index (Phi) is 4.42. The van der Waals surface area contributed by atoms with Gasteiger partial charge in [0, 0.05) is 6.04 Å². The SMILES string of the molecule is CCCN1CCC(NS(=O)(=O)c2cccc3nonc23)CC1. The Morgan fingerprint density at radius 3 is 2.82 bits per heavy atom. The van der Waals surface area contributed by atoms with Gasteiger partial charge in [0.05, 0.1) is 0 Å². The standard InChI is InChI=1S/C14H20N4O3S/c1-2-8-18-9-6-11(7-10-18)17-22(19,20)13-5-3-4-12-14(13)16-21-15-12/h3-5,11,17H,2,6-10H2,1H3. The average molecular weight is 324 g/mol. The molecule has 0 spiro atoms. The third-order valence-electron chi connectivity index (χ3n) is 3.99. The third kappa shape index (κ3) is 3.13. The number of aromatic nitrogens is 2. The number of piperidine rings is 1. The van der Waals surface area contributed by atoms with Crippen molar-refractivity contribution in [3.05, 3.63) is 18.2 Å². The predicted molar refractivity (Wildman–Crippen MR) is 81.9 cm³/mol. The molecular weight excluding hydrogens is 304 g/mol. The summed E-state index contributed by atoms with van der Waals surface area (Å²) in [5, 5.41) is 7.39. The highest BCUT2D eigenvalue weighted by Gasteiger charge is 2.26. The minimum Gasteiger partial charge on any atom is -0.303 e. The molecule has 120 valence electrons. The molecule has 2 heterocycles. The lowest BCUT2D eigenvalue weighted by atomic mass is 10.1. The number of nitrogens with one attached hydrogen (secondary N) is 1. The number of hydrogen-bond donors (Lipinski definition) is 1. The molecule has 22 heavy (non-hydrogen) atoms. The molecule has 0 saturated carbocycles. The van der Waals surface area contributed by atoms with E-state index in [9.17, 15) is 8.42 Å². The molecule has 3 rings (SSSR count). The Balaban J connectivity index is 1.73. The molecule has 1 aliphatic rings. The molecule has 0 atom stereocenters. The summed E-state index contributed by atoms with van der Waals surface area (Å²) in [7, 11) is -3.62. The Bertz CT molecular complexity index is 735. The van der Waals surface area contributed by atoms with Crippen LogP contribution in [-0.4, -0.2) is 49.3 Å². The Labute approximate surface area is 129 Å². The zero-order valence-electron chi connectivity index (χ0n) is 12.5. The lowest BCUT2D eigenvalue weighted by Crippen LogP contribution is -2.44. The summed E-state index contributed by atoms with van der Waals surface area (Å²) < 4.78 is 32.6. The van der Waals surface area contributed by atoms with E-state index in [1.165, 1.54) is 6.07 Å². The van der Waals surface area contributed by atoms with Crippen LogP contribution in [0.3, 0.4) is 0 Å². The van der Waals surface area contributed by atoms with Crippen molar-refractivity contribution >= 4 is 21.1 Å². The van der Waals surface area contributed by atoms with E-state index < -0.39 is 10.0 Å². The first kappa shape index (κ1) is 15.4. The molecule has 0 aliphatic carbocycles. The third-order valence-corrected chi connectivity index (χ3v) is 5.54. The quantitative estimate of drug-likeness (QED) is 0.894. The first-order chi connectivity index (χ1) is 10.6. The van der Waals surface area contributed by atoms with Crippen LogP contribution in [0.2, 0.25) is 0 Å². The number of nitrogens with zero attached hydrogens (tertiary/aromatic N) is 3. The van der Waals surface area contributed by atoms with Crippen molar-refractivity contribution in [1.29, 1.82) is 0 Å². The summed E-state index contributed by atoms with van der Waals surface area (Å²) in [6.45, 7) is 5.08. The number of benzene rings is 1. The van der Waals surface area contributed by atoms with Gasteiger partial charge >= 0.3 is 0 Å². The summed E-state index contributed by atoms with van der Waals surface area (Å²) in [6, 6.07) is 4.81. The molecule has 1 aromatic carbocycles. The van der Waals surface area contributed by atoms with Crippen LogP contribution in [-0.2, 0) is 10.0 Å². The highest BCUT2D eigenvalue weighted by Crippen LogP contribution is 2.21. The fourth-order valence-electron chi connectivity index (χ4n) is 2.87. The van der Waals surface area contributed by atoms with Crippen molar-refractivity contribution in [3.8, 4) is 0 Å². The van der Waals surface area contributed by atoms with Crippen molar-refractivity contribution in [2.45, 2.75) is 37.1 Å². The zero-order valence-corrected chi connectivity index (χ0v) is 13.3. The second-order valence-electron chi connectivity index (χ2n) is 5.63. The van der Waals surface area contributed by atoms with Gasteiger partial charge in [-0.3, -0.25) is 0 Å². The van der Waals surface area contributed by atoms with Crippen LogP contribution in [0.15, 0.2) is 27.7 Å². The van der Waals surface area contributed by atoms with E-state index in [2.05, 4.69) is 31.5 Å². The number of hydrogen-bond acceptors (Lipinski definition) is 6. The molecule has 1 aliphatic heterocycles. The highest BCUT2D eigenvalue weighted by atomic mass is 32.2. The van der Waals surface area contributed by atoms with E-state index in [-0.39, 0.29) is 16.5 Å². The molecule has 8 heteroatoms. The molecule has 2 aromatic rings. The fourth-order valence-corrected chi connectivity index (χ4v) is 4.33. The van der Waals surface area contributed by atoms with E-state index in [0.717, 1.165) is 38.9 Å². The van der Waals surface area contributed by atoms with Crippen molar-refractivity contribution in [2.24, 2.45) is 0 Å². The van der Waals surface area contributed by atoms with Gasteiger partial charge in [-0.2, -0.15) is 0 Å². The van der Waals surface area contributed by atoms with E-state index in [4.69, 9.17) is 0 Å². The first-order valence-electron chi connectivity index (χ1n) is 7.56. The van der Waals surface area contributed by atoms with E-state index in [0.29, 0.717) is 5.52 Å². The molecule has 1 N–H and O–H groups in total. The Hall–Kier alpha value is -1.51. The van der Waals surface area contributed by atoms with Gasteiger partial charge in [-0.25, -0.2) is 17.8 Å². The summed E-state index contributed by atoms with van der Waals surface area (Å²) in [4.78, 5) is 2.50. The van der Waals surface area contributed by atoms with Gasteiger partial charge in [0.1, 0.15) is 10.4 Å². The summed E-state index contributed by atoms with van der Waals surface area (Å²) >= 11 is 0. The number of rotatable bonds is 5. The first-order valence-corrected chi connectivity index (χ1v) is 9.04. The summed E-state index contributed by atoms with van der Waals surface area (Å²) in [5.41, 5.74) is 0.721. The van der Waals surface area contributed by atoms with Crippen LogP contribution in [0.4, 0.5) is 0 Å². The molecule has 7 nitrogen and oxygen atoms in total. The molecule has 0 bridgehead atoms. The maximum atomic E-state index is 12.6. The number of sulfonamides is 1. The Morgan fingerprint density at radius 1 is 1.32 bits per heavy atom. The molecule has 1 saturated heterocycles. The normalized spacial score (nSPS) is 18.0. The van der Waals surface area contributed by atoms with Gasteiger partial charge in [-0.05, 0) is 61.3 Å². The van der Waals surface area contributed by atoms with Gasteiger partial charge in [0.2, 0.25) is 10.0 Å². The van der Waals surface area contributed by atoms with Crippen LogP contribution >= 0.6 is 0 Å². The van der Waals surface area contributed by atoms with Gasteiger partial charge in [-0.15, -0.1) is 0 Å². The van der Waals surface area contributed by atoms with Crippen molar-refractivity contribution in [1.82, 2.24) is 19.9 Å². The number of fused-ring (bicyclic) bond motifs is 1. The largest absolute Gasteiger partial charge is 0.303 e. The van der Waals surface area contributed by atoms with E-state index in [1.807, 2.05) is 0 Å². The maximum Gasteiger partial charge on any atom is 0.243 e. The second-order valence-corrected chi connectivity index (χ2v) is 7.31.